The van der Waals surface area contributed by atoms with Gasteiger partial charge in [0.25, 0.3) is 0 Å². The summed E-state index contributed by atoms with van der Waals surface area (Å²) < 4.78 is 0. The van der Waals surface area contributed by atoms with Crippen molar-refractivity contribution in [2.24, 2.45) is 0 Å². The van der Waals surface area contributed by atoms with E-state index in [2.05, 4.69) is 29.4 Å². The predicted octanol–water partition coefficient (Wildman–Crippen LogP) is 1.56. The standard InChI is InChI=1S/C17H26ClN3O2/c1-3-21(4-2)16(13-7-5-6-8-14(13)18)11-20-17(23)15-9-12(22)10-19-15/h5-8,12,15-16,19,22H,3-4,9-11H2,1-2H3,(H,20,23)/t12-,15+,16-/m1/s1. The smallest absolute Gasteiger partial charge is 0.237 e. The fraction of sp³-hybridized carbons (Fsp3) is 0.588. The highest BCUT2D eigenvalue weighted by Gasteiger charge is 2.29. The monoisotopic (exact) mass is 339 g/mol. The largest absolute Gasteiger partial charge is 0.392 e. The predicted molar refractivity (Wildman–Crippen MR) is 92.5 cm³/mol. The molecule has 23 heavy (non-hydrogen) atoms. The van der Waals surface area contributed by atoms with Crippen LogP contribution in [0.15, 0.2) is 24.3 Å². The number of nitrogens with zero attached hydrogens (tertiary/aromatic N) is 1. The normalized spacial score (nSPS) is 22.3. The molecule has 6 heteroatoms. The van der Waals surface area contributed by atoms with Crippen LogP contribution in [-0.2, 0) is 4.79 Å². The van der Waals surface area contributed by atoms with Crippen LogP contribution in [0.4, 0.5) is 0 Å². The van der Waals surface area contributed by atoms with Gasteiger partial charge < -0.3 is 15.7 Å². The molecule has 1 saturated heterocycles. The number of benzene rings is 1. The summed E-state index contributed by atoms with van der Waals surface area (Å²) in [5.41, 5.74) is 1.03. The Morgan fingerprint density at radius 1 is 1.43 bits per heavy atom. The van der Waals surface area contributed by atoms with Crippen molar-refractivity contribution in [1.29, 1.82) is 0 Å². The summed E-state index contributed by atoms with van der Waals surface area (Å²) in [6, 6.07) is 7.49. The van der Waals surface area contributed by atoms with Crippen LogP contribution in [0.2, 0.25) is 5.02 Å². The van der Waals surface area contributed by atoms with Crippen LogP contribution in [0, 0.1) is 0 Å². The third kappa shape index (κ3) is 4.67. The molecule has 1 fully saturated rings. The van der Waals surface area contributed by atoms with E-state index in [1.807, 2.05) is 24.3 Å². The van der Waals surface area contributed by atoms with Gasteiger partial charge >= 0.3 is 0 Å². The van der Waals surface area contributed by atoms with Crippen LogP contribution >= 0.6 is 11.6 Å². The molecule has 0 aromatic heterocycles. The summed E-state index contributed by atoms with van der Waals surface area (Å²) in [6.07, 6.45) is 0.0290. The van der Waals surface area contributed by atoms with Gasteiger partial charge in [0.05, 0.1) is 18.2 Å². The highest BCUT2D eigenvalue weighted by molar-refractivity contribution is 6.31. The number of carbonyl (C=O) groups excluding carboxylic acids is 1. The van der Waals surface area contributed by atoms with Crippen LogP contribution in [0.3, 0.4) is 0 Å². The minimum atomic E-state index is -0.437. The number of carbonyl (C=O) groups is 1. The molecule has 0 saturated carbocycles. The van der Waals surface area contributed by atoms with Gasteiger partial charge in [0.15, 0.2) is 0 Å². The van der Waals surface area contributed by atoms with E-state index in [9.17, 15) is 9.90 Å². The molecule has 1 amide bonds. The summed E-state index contributed by atoms with van der Waals surface area (Å²) >= 11 is 6.35. The Bertz CT molecular complexity index is 522. The minimum Gasteiger partial charge on any atom is -0.392 e. The highest BCUT2D eigenvalue weighted by Crippen LogP contribution is 2.27. The number of halogens is 1. The Morgan fingerprint density at radius 2 is 2.13 bits per heavy atom. The van der Waals surface area contributed by atoms with Crippen molar-refractivity contribution >= 4 is 17.5 Å². The van der Waals surface area contributed by atoms with Crippen molar-refractivity contribution in [1.82, 2.24) is 15.5 Å². The van der Waals surface area contributed by atoms with Crippen LogP contribution in [0.1, 0.15) is 31.9 Å². The third-order valence-electron chi connectivity index (χ3n) is 4.41. The van der Waals surface area contributed by atoms with Crippen LogP contribution in [-0.4, -0.2) is 54.2 Å². The number of nitrogens with one attached hydrogen (secondary N) is 2. The average molecular weight is 340 g/mol. The molecule has 0 aliphatic carbocycles. The first-order valence-corrected chi connectivity index (χ1v) is 8.62. The second-order valence-electron chi connectivity index (χ2n) is 5.85. The molecule has 1 aromatic rings. The highest BCUT2D eigenvalue weighted by atomic mass is 35.5. The molecule has 128 valence electrons. The molecule has 1 aliphatic rings. The molecule has 1 aliphatic heterocycles. The summed E-state index contributed by atoms with van der Waals surface area (Å²) in [4.78, 5) is 14.6. The van der Waals surface area contributed by atoms with Crippen LogP contribution in [0.5, 0.6) is 0 Å². The number of aliphatic hydroxyl groups is 1. The molecule has 3 atom stereocenters. The first kappa shape index (κ1) is 18.2. The summed E-state index contributed by atoms with van der Waals surface area (Å²) in [5.74, 6) is -0.0641. The minimum absolute atomic E-state index is 0.0361. The van der Waals surface area contributed by atoms with Crippen molar-refractivity contribution in [2.75, 3.05) is 26.2 Å². The fourth-order valence-electron chi connectivity index (χ4n) is 3.08. The summed E-state index contributed by atoms with van der Waals surface area (Å²) in [5, 5.41) is 16.3. The van der Waals surface area contributed by atoms with E-state index in [0.717, 1.165) is 18.7 Å². The molecule has 0 spiro atoms. The van der Waals surface area contributed by atoms with Crippen molar-refractivity contribution in [3.63, 3.8) is 0 Å². The zero-order valence-electron chi connectivity index (χ0n) is 13.8. The van der Waals surface area contributed by atoms with E-state index in [1.165, 1.54) is 0 Å². The van der Waals surface area contributed by atoms with Gasteiger partial charge in [0.2, 0.25) is 5.91 Å². The maximum Gasteiger partial charge on any atom is 0.237 e. The molecule has 5 nitrogen and oxygen atoms in total. The van der Waals surface area contributed by atoms with Crippen LogP contribution in [0.25, 0.3) is 0 Å². The Kier molecular flexibility index (Phi) is 6.84. The van der Waals surface area contributed by atoms with E-state index in [1.54, 1.807) is 0 Å². The Morgan fingerprint density at radius 3 is 2.70 bits per heavy atom. The van der Waals surface area contributed by atoms with Gasteiger partial charge in [0.1, 0.15) is 0 Å². The third-order valence-corrected chi connectivity index (χ3v) is 4.76. The zero-order valence-corrected chi connectivity index (χ0v) is 14.5. The van der Waals surface area contributed by atoms with E-state index < -0.39 is 6.10 Å². The number of likely N-dealkylation sites (N-methyl/N-ethyl adjacent to an activating group) is 1. The zero-order chi connectivity index (χ0) is 16.8. The van der Waals surface area contributed by atoms with Crippen molar-refractivity contribution < 1.29 is 9.90 Å². The molecule has 0 bridgehead atoms. The lowest BCUT2D eigenvalue weighted by Crippen LogP contribution is -2.44. The molecular formula is C17H26ClN3O2. The topological polar surface area (TPSA) is 64.6 Å². The molecule has 1 aromatic carbocycles. The number of hydrogen-bond donors (Lipinski definition) is 3. The lowest BCUT2D eigenvalue weighted by Gasteiger charge is -2.31. The lowest BCUT2D eigenvalue weighted by molar-refractivity contribution is -0.123. The molecule has 0 unspecified atom stereocenters. The number of rotatable bonds is 7. The number of β-amino-alcohol motifs (C(OH)–C–C–N with tert-alkyl or cyclic N) is 1. The van der Waals surface area contributed by atoms with Gasteiger partial charge in [-0.25, -0.2) is 0 Å². The Hall–Kier alpha value is -1.14. The number of amides is 1. The van der Waals surface area contributed by atoms with Crippen molar-refractivity contribution in [3.8, 4) is 0 Å². The van der Waals surface area contributed by atoms with Crippen molar-refractivity contribution in [3.05, 3.63) is 34.9 Å². The maximum atomic E-state index is 12.3. The summed E-state index contributed by atoms with van der Waals surface area (Å²) in [7, 11) is 0. The molecule has 1 heterocycles. The average Bonchev–Trinajstić information content (AvgIpc) is 2.98. The molecule has 0 radical (unpaired) electrons. The van der Waals surface area contributed by atoms with E-state index in [4.69, 9.17) is 11.6 Å². The maximum absolute atomic E-state index is 12.3. The Labute approximate surface area is 143 Å². The first-order valence-electron chi connectivity index (χ1n) is 8.24. The SMILES string of the molecule is CCN(CC)[C@H](CNC(=O)[C@@H]1C[C@@H](O)CN1)c1ccccc1Cl. The van der Waals surface area contributed by atoms with E-state index in [-0.39, 0.29) is 18.0 Å². The lowest BCUT2D eigenvalue weighted by atomic mass is 10.0. The first-order chi connectivity index (χ1) is 11.1. The van der Waals surface area contributed by atoms with Gasteiger partial charge in [-0.1, -0.05) is 43.6 Å². The molecule has 3 N–H and O–H groups in total. The van der Waals surface area contributed by atoms with Gasteiger partial charge in [-0.05, 0) is 31.1 Å². The van der Waals surface area contributed by atoms with E-state index >= 15 is 0 Å². The van der Waals surface area contributed by atoms with Crippen molar-refractivity contribution in [2.45, 2.75) is 38.5 Å². The second-order valence-corrected chi connectivity index (χ2v) is 6.26. The number of hydrogen-bond acceptors (Lipinski definition) is 4. The fourth-order valence-corrected chi connectivity index (χ4v) is 3.34. The Balaban J connectivity index is 2.06. The van der Waals surface area contributed by atoms with Crippen LogP contribution < -0.4 is 10.6 Å². The number of aliphatic hydroxyl groups excluding tert-OH is 1. The van der Waals surface area contributed by atoms with Gasteiger partial charge in [-0.15, -0.1) is 0 Å². The van der Waals surface area contributed by atoms with E-state index in [0.29, 0.717) is 24.5 Å². The summed E-state index contributed by atoms with van der Waals surface area (Å²) in [6.45, 7) is 6.93. The molecular weight excluding hydrogens is 314 g/mol. The van der Waals surface area contributed by atoms with Gasteiger partial charge in [0, 0.05) is 18.1 Å². The van der Waals surface area contributed by atoms with Gasteiger partial charge in [-0.3, -0.25) is 9.69 Å². The molecule has 2 rings (SSSR count). The second kappa shape index (κ2) is 8.64. The quantitative estimate of drug-likeness (QED) is 0.705. The van der Waals surface area contributed by atoms with Gasteiger partial charge in [-0.2, -0.15) is 0 Å².